The van der Waals surface area contributed by atoms with Crippen molar-refractivity contribution in [1.29, 1.82) is 0 Å². The number of aromatic nitrogens is 2. The minimum absolute atomic E-state index is 0.449. The lowest BCUT2D eigenvalue weighted by Gasteiger charge is -2.18. The maximum absolute atomic E-state index is 4.27. The van der Waals surface area contributed by atoms with Crippen LogP contribution < -0.4 is 10.6 Å². The molecule has 1 heterocycles. The molecule has 20 heavy (non-hydrogen) atoms. The summed E-state index contributed by atoms with van der Waals surface area (Å²) in [5, 5.41) is 10.9. The first-order valence-corrected chi connectivity index (χ1v) is 7.61. The van der Waals surface area contributed by atoms with Crippen molar-refractivity contribution in [3.8, 4) is 0 Å². The maximum Gasteiger partial charge on any atom is 0.191 e. The first-order chi connectivity index (χ1) is 9.67. The highest BCUT2D eigenvalue weighted by atomic mass is 15.3. The third-order valence-electron chi connectivity index (χ3n) is 3.46. The van der Waals surface area contributed by atoms with Gasteiger partial charge in [-0.15, -0.1) is 0 Å². The van der Waals surface area contributed by atoms with Gasteiger partial charge in [-0.25, -0.2) is 0 Å². The standard InChI is InChI=1S/C15H29N5/c1-5-6-7-8-9-13(2)19-15(16-3)17-12-14-10-11-18-20(14)4/h10-11,13H,5-9,12H2,1-4H3,(H2,16,17,19). The maximum atomic E-state index is 4.27. The normalized spacial score (nSPS) is 13.3. The molecule has 1 aromatic rings. The fourth-order valence-electron chi connectivity index (χ4n) is 2.13. The predicted octanol–water partition coefficient (Wildman–Crippen LogP) is 2.44. The van der Waals surface area contributed by atoms with E-state index in [1.807, 2.05) is 31.0 Å². The van der Waals surface area contributed by atoms with E-state index in [4.69, 9.17) is 0 Å². The fourth-order valence-corrected chi connectivity index (χ4v) is 2.13. The molecule has 0 aliphatic carbocycles. The number of aliphatic imine (C=N–C) groups is 1. The van der Waals surface area contributed by atoms with Crippen molar-refractivity contribution in [2.75, 3.05) is 7.05 Å². The zero-order chi connectivity index (χ0) is 14.8. The lowest BCUT2D eigenvalue weighted by Crippen LogP contribution is -2.42. The van der Waals surface area contributed by atoms with Gasteiger partial charge in [0.05, 0.1) is 12.2 Å². The Morgan fingerprint density at radius 2 is 2.20 bits per heavy atom. The van der Waals surface area contributed by atoms with Gasteiger partial charge in [-0.1, -0.05) is 32.6 Å². The molecule has 0 aliphatic heterocycles. The van der Waals surface area contributed by atoms with Crippen LogP contribution >= 0.6 is 0 Å². The van der Waals surface area contributed by atoms with Gasteiger partial charge in [0.2, 0.25) is 0 Å². The van der Waals surface area contributed by atoms with Crippen molar-refractivity contribution in [2.24, 2.45) is 12.0 Å². The van der Waals surface area contributed by atoms with E-state index in [-0.39, 0.29) is 0 Å². The van der Waals surface area contributed by atoms with Gasteiger partial charge < -0.3 is 10.6 Å². The molecule has 0 amide bonds. The molecular weight excluding hydrogens is 250 g/mol. The monoisotopic (exact) mass is 279 g/mol. The van der Waals surface area contributed by atoms with E-state index >= 15 is 0 Å². The van der Waals surface area contributed by atoms with Gasteiger partial charge in [-0.05, 0) is 19.4 Å². The Labute approximate surface area is 122 Å². The van der Waals surface area contributed by atoms with Gasteiger partial charge >= 0.3 is 0 Å². The highest BCUT2D eigenvalue weighted by Gasteiger charge is 2.06. The molecule has 0 aliphatic rings. The Hall–Kier alpha value is -1.52. The molecule has 1 rings (SSSR count). The summed E-state index contributed by atoms with van der Waals surface area (Å²) in [7, 11) is 3.76. The molecule has 5 heteroatoms. The van der Waals surface area contributed by atoms with Gasteiger partial charge in [-0.3, -0.25) is 9.67 Å². The molecule has 114 valence electrons. The number of guanidine groups is 1. The molecule has 0 fully saturated rings. The molecule has 0 aromatic carbocycles. The van der Waals surface area contributed by atoms with Crippen LogP contribution in [-0.4, -0.2) is 28.8 Å². The Bertz CT molecular complexity index is 397. The number of nitrogens with zero attached hydrogens (tertiary/aromatic N) is 3. The highest BCUT2D eigenvalue weighted by molar-refractivity contribution is 5.79. The SMILES string of the molecule is CCCCCCC(C)NC(=NC)NCc1ccnn1C. The van der Waals surface area contributed by atoms with E-state index in [1.165, 1.54) is 32.1 Å². The molecule has 0 saturated carbocycles. The van der Waals surface area contributed by atoms with E-state index < -0.39 is 0 Å². The summed E-state index contributed by atoms with van der Waals surface area (Å²) < 4.78 is 1.87. The summed E-state index contributed by atoms with van der Waals surface area (Å²) >= 11 is 0. The van der Waals surface area contributed by atoms with Crippen molar-refractivity contribution < 1.29 is 0 Å². The zero-order valence-electron chi connectivity index (χ0n) is 13.3. The Morgan fingerprint density at radius 1 is 1.40 bits per heavy atom. The fraction of sp³-hybridized carbons (Fsp3) is 0.733. The van der Waals surface area contributed by atoms with Gasteiger partial charge in [0.1, 0.15) is 0 Å². The minimum Gasteiger partial charge on any atom is -0.354 e. The second-order valence-corrected chi connectivity index (χ2v) is 5.27. The summed E-state index contributed by atoms with van der Waals surface area (Å²) in [6.07, 6.45) is 8.22. The highest BCUT2D eigenvalue weighted by Crippen LogP contribution is 2.05. The number of unbranched alkanes of at least 4 members (excludes halogenated alkanes) is 3. The molecule has 2 N–H and O–H groups in total. The molecule has 1 atom stereocenters. The molecule has 0 saturated heterocycles. The van der Waals surface area contributed by atoms with Crippen LogP contribution in [0.3, 0.4) is 0 Å². The zero-order valence-corrected chi connectivity index (χ0v) is 13.3. The quantitative estimate of drug-likeness (QED) is 0.436. The molecular formula is C15H29N5. The van der Waals surface area contributed by atoms with E-state index in [0.29, 0.717) is 6.04 Å². The molecule has 1 aromatic heterocycles. The molecule has 1 unspecified atom stereocenters. The lowest BCUT2D eigenvalue weighted by atomic mass is 10.1. The Kier molecular flexibility index (Phi) is 7.77. The largest absolute Gasteiger partial charge is 0.354 e. The first-order valence-electron chi connectivity index (χ1n) is 7.61. The van der Waals surface area contributed by atoms with E-state index in [0.717, 1.165) is 18.2 Å². The van der Waals surface area contributed by atoms with Crippen molar-refractivity contribution in [3.05, 3.63) is 18.0 Å². The van der Waals surface area contributed by atoms with Crippen molar-refractivity contribution in [2.45, 2.75) is 58.5 Å². The van der Waals surface area contributed by atoms with Crippen LogP contribution in [-0.2, 0) is 13.6 Å². The van der Waals surface area contributed by atoms with Gasteiger partial charge in [0.25, 0.3) is 0 Å². The lowest BCUT2D eigenvalue weighted by molar-refractivity contribution is 0.536. The molecule has 0 spiro atoms. The second-order valence-electron chi connectivity index (χ2n) is 5.27. The third kappa shape index (κ3) is 6.08. The summed E-state index contributed by atoms with van der Waals surface area (Å²) in [6, 6.07) is 2.46. The first kappa shape index (κ1) is 16.5. The van der Waals surface area contributed by atoms with E-state index in [2.05, 4.69) is 34.6 Å². The van der Waals surface area contributed by atoms with Crippen LogP contribution in [0.2, 0.25) is 0 Å². The van der Waals surface area contributed by atoms with Crippen LogP contribution in [0.5, 0.6) is 0 Å². The minimum atomic E-state index is 0.449. The smallest absolute Gasteiger partial charge is 0.191 e. The van der Waals surface area contributed by atoms with Crippen LogP contribution in [0.1, 0.15) is 51.6 Å². The van der Waals surface area contributed by atoms with Gasteiger partial charge in [0, 0.05) is 26.3 Å². The molecule has 0 bridgehead atoms. The van der Waals surface area contributed by atoms with Crippen molar-refractivity contribution >= 4 is 5.96 Å². The van der Waals surface area contributed by atoms with Crippen molar-refractivity contribution in [1.82, 2.24) is 20.4 Å². The van der Waals surface area contributed by atoms with E-state index in [9.17, 15) is 0 Å². The van der Waals surface area contributed by atoms with Crippen LogP contribution in [0, 0.1) is 0 Å². The number of rotatable bonds is 8. The molecule has 0 radical (unpaired) electrons. The van der Waals surface area contributed by atoms with Gasteiger partial charge in [-0.2, -0.15) is 5.10 Å². The number of hydrogen-bond acceptors (Lipinski definition) is 2. The van der Waals surface area contributed by atoms with Crippen LogP contribution in [0.15, 0.2) is 17.3 Å². The summed E-state index contributed by atoms with van der Waals surface area (Å²) in [5.41, 5.74) is 1.14. The summed E-state index contributed by atoms with van der Waals surface area (Å²) in [5.74, 6) is 0.856. The van der Waals surface area contributed by atoms with E-state index in [1.54, 1.807) is 0 Å². The average Bonchev–Trinajstić information content (AvgIpc) is 2.85. The number of aryl methyl sites for hydroxylation is 1. The Balaban J connectivity index is 2.27. The number of nitrogens with one attached hydrogen (secondary N) is 2. The topological polar surface area (TPSA) is 54.2 Å². The van der Waals surface area contributed by atoms with Crippen LogP contribution in [0.25, 0.3) is 0 Å². The average molecular weight is 279 g/mol. The van der Waals surface area contributed by atoms with Gasteiger partial charge in [0.15, 0.2) is 5.96 Å². The molecule has 5 nitrogen and oxygen atoms in total. The predicted molar refractivity (Wildman–Crippen MR) is 84.8 cm³/mol. The number of hydrogen-bond donors (Lipinski definition) is 2. The summed E-state index contributed by atoms with van der Waals surface area (Å²) in [6.45, 7) is 5.19. The second kappa shape index (κ2) is 9.39. The third-order valence-corrected chi connectivity index (χ3v) is 3.46. The van der Waals surface area contributed by atoms with Crippen LogP contribution in [0.4, 0.5) is 0 Å². The van der Waals surface area contributed by atoms with Crippen molar-refractivity contribution in [3.63, 3.8) is 0 Å². The summed E-state index contributed by atoms with van der Waals surface area (Å²) in [4.78, 5) is 4.27. The Morgan fingerprint density at radius 3 is 2.80 bits per heavy atom.